The molecule has 0 saturated carbocycles. The number of aliphatic carboxylic acids is 1. The summed E-state index contributed by atoms with van der Waals surface area (Å²) in [6, 6.07) is 9.74. The molecule has 1 saturated heterocycles. The number of piperidine rings is 1. The lowest BCUT2D eigenvalue weighted by atomic mass is 9.78. The van der Waals surface area contributed by atoms with Crippen molar-refractivity contribution in [2.45, 2.75) is 25.8 Å². The lowest BCUT2D eigenvalue weighted by Gasteiger charge is -2.38. The number of carboxylic acid groups (broad SMARTS) is 1. The zero-order valence-electron chi connectivity index (χ0n) is 10.6. The van der Waals surface area contributed by atoms with Gasteiger partial charge in [-0.1, -0.05) is 30.3 Å². The van der Waals surface area contributed by atoms with Crippen molar-refractivity contribution in [2.75, 3.05) is 13.1 Å². The molecule has 0 atom stereocenters. The first-order valence-electron chi connectivity index (χ1n) is 6.32. The highest BCUT2D eigenvalue weighted by atomic mass is 19.3. The van der Waals surface area contributed by atoms with Gasteiger partial charge in [0.2, 0.25) is 0 Å². The number of carbonyl (C=O) groups is 1. The van der Waals surface area contributed by atoms with Crippen LogP contribution in [0.25, 0.3) is 0 Å². The molecule has 2 rings (SSSR count). The molecule has 0 unspecified atom stereocenters. The lowest BCUT2D eigenvalue weighted by molar-refractivity contribution is -0.165. The summed E-state index contributed by atoms with van der Waals surface area (Å²) in [5, 5.41) is 9.04. The fourth-order valence-electron chi connectivity index (χ4n) is 2.48. The second-order valence-corrected chi connectivity index (χ2v) is 5.02. The van der Waals surface area contributed by atoms with Gasteiger partial charge in [-0.25, -0.2) is 8.78 Å². The minimum absolute atomic E-state index is 0.00678. The Balaban J connectivity index is 1.97. The SMILES string of the molecule is O=C(O)C1(C(F)F)CCN(Cc2ccccc2)CC1. The Kier molecular flexibility index (Phi) is 4.14. The Labute approximate surface area is 110 Å². The summed E-state index contributed by atoms with van der Waals surface area (Å²) in [6.07, 6.45) is -2.79. The van der Waals surface area contributed by atoms with E-state index >= 15 is 0 Å². The number of nitrogens with zero attached hydrogens (tertiary/aromatic N) is 1. The molecule has 1 aromatic rings. The average Bonchev–Trinajstić information content (AvgIpc) is 2.40. The van der Waals surface area contributed by atoms with Crippen LogP contribution in [-0.4, -0.2) is 35.5 Å². The number of alkyl halides is 2. The molecule has 1 fully saturated rings. The molecular weight excluding hydrogens is 252 g/mol. The summed E-state index contributed by atoms with van der Waals surface area (Å²) in [5.41, 5.74) is -0.741. The van der Waals surface area contributed by atoms with E-state index in [2.05, 4.69) is 0 Å². The first-order chi connectivity index (χ1) is 9.04. The summed E-state index contributed by atoms with van der Waals surface area (Å²) in [7, 11) is 0. The van der Waals surface area contributed by atoms with Gasteiger partial charge < -0.3 is 5.11 Å². The Morgan fingerprint density at radius 2 is 1.84 bits per heavy atom. The van der Waals surface area contributed by atoms with E-state index in [1.807, 2.05) is 35.2 Å². The van der Waals surface area contributed by atoms with Crippen LogP contribution < -0.4 is 0 Å². The maximum Gasteiger partial charge on any atom is 0.315 e. The number of halogens is 2. The Morgan fingerprint density at radius 3 is 2.32 bits per heavy atom. The number of hydrogen-bond donors (Lipinski definition) is 1. The van der Waals surface area contributed by atoms with E-state index in [1.54, 1.807) is 0 Å². The molecule has 104 valence electrons. The van der Waals surface area contributed by atoms with Gasteiger partial charge in [0.05, 0.1) is 0 Å². The predicted octanol–water partition coefficient (Wildman–Crippen LogP) is 2.62. The molecule has 0 bridgehead atoms. The minimum Gasteiger partial charge on any atom is -0.481 e. The topological polar surface area (TPSA) is 40.5 Å². The van der Waals surface area contributed by atoms with E-state index in [1.165, 1.54) is 0 Å². The molecule has 1 aromatic carbocycles. The van der Waals surface area contributed by atoms with E-state index in [-0.39, 0.29) is 12.8 Å². The predicted molar refractivity (Wildman–Crippen MR) is 67.0 cm³/mol. The van der Waals surface area contributed by atoms with Crippen molar-refractivity contribution in [2.24, 2.45) is 5.41 Å². The van der Waals surface area contributed by atoms with Gasteiger partial charge in [0.25, 0.3) is 6.43 Å². The Bertz CT molecular complexity index is 428. The van der Waals surface area contributed by atoms with E-state index in [9.17, 15) is 13.6 Å². The molecule has 0 aliphatic carbocycles. The van der Waals surface area contributed by atoms with Gasteiger partial charge in [-0.3, -0.25) is 9.69 Å². The third-order valence-corrected chi connectivity index (χ3v) is 3.84. The number of carboxylic acids is 1. The van der Waals surface area contributed by atoms with Crippen LogP contribution in [0.1, 0.15) is 18.4 Å². The summed E-state index contributed by atoms with van der Waals surface area (Å²) in [4.78, 5) is 13.1. The summed E-state index contributed by atoms with van der Waals surface area (Å²) in [6.45, 7) is 1.47. The molecule has 0 aromatic heterocycles. The van der Waals surface area contributed by atoms with Gasteiger partial charge in [0.15, 0.2) is 0 Å². The fraction of sp³-hybridized carbons (Fsp3) is 0.500. The molecule has 1 heterocycles. The standard InChI is InChI=1S/C14H17F2NO2/c15-12(16)14(13(18)19)6-8-17(9-7-14)10-11-4-2-1-3-5-11/h1-5,12H,6-10H2,(H,18,19). The summed E-state index contributed by atoms with van der Waals surface area (Å²) < 4.78 is 26.0. The van der Waals surface area contributed by atoms with Crippen molar-refractivity contribution in [1.82, 2.24) is 4.90 Å². The molecule has 1 N–H and O–H groups in total. The quantitative estimate of drug-likeness (QED) is 0.913. The summed E-state index contributed by atoms with van der Waals surface area (Å²) in [5.74, 6) is -1.37. The zero-order chi connectivity index (χ0) is 13.9. The number of likely N-dealkylation sites (tertiary alicyclic amines) is 1. The summed E-state index contributed by atoms with van der Waals surface area (Å²) >= 11 is 0. The molecule has 3 nitrogen and oxygen atoms in total. The van der Waals surface area contributed by atoms with Gasteiger partial charge >= 0.3 is 5.97 Å². The normalized spacial score (nSPS) is 19.5. The van der Waals surface area contributed by atoms with Crippen LogP contribution in [0.3, 0.4) is 0 Å². The highest BCUT2D eigenvalue weighted by Gasteiger charge is 2.49. The Hall–Kier alpha value is -1.49. The maximum absolute atomic E-state index is 13.0. The van der Waals surface area contributed by atoms with E-state index in [0.717, 1.165) is 5.56 Å². The third kappa shape index (κ3) is 2.92. The van der Waals surface area contributed by atoms with Gasteiger partial charge in [0.1, 0.15) is 5.41 Å². The van der Waals surface area contributed by atoms with Gasteiger partial charge in [0, 0.05) is 6.54 Å². The van der Waals surface area contributed by atoms with Gasteiger partial charge in [-0.2, -0.15) is 0 Å². The average molecular weight is 269 g/mol. The molecule has 0 radical (unpaired) electrons. The van der Waals surface area contributed by atoms with Crippen molar-refractivity contribution in [3.8, 4) is 0 Å². The van der Waals surface area contributed by atoms with Crippen molar-refractivity contribution < 1.29 is 18.7 Å². The highest BCUT2D eigenvalue weighted by Crippen LogP contribution is 2.38. The lowest BCUT2D eigenvalue weighted by Crippen LogP contribution is -2.48. The molecule has 0 spiro atoms. The third-order valence-electron chi connectivity index (χ3n) is 3.84. The van der Waals surface area contributed by atoms with Crippen molar-refractivity contribution in [1.29, 1.82) is 0 Å². The number of hydrogen-bond acceptors (Lipinski definition) is 2. The van der Waals surface area contributed by atoms with Crippen molar-refractivity contribution >= 4 is 5.97 Å². The molecule has 1 aliphatic rings. The van der Waals surface area contributed by atoms with E-state index < -0.39 is 17.8 Å². The van der Waals surface area contributed by atoms with Crippen LogP contribution in [0.4, 0.5) is 8.78 Å². The van der Waals surface area contributed by atoms with Gasteiger partial charge in [-0.15, -0.1) is 0 Å². The second-order valence-electron chi connectivity index (χ2n) is 5.02. The van der Waals surface area contributed by atoms with Crippen LogP contribution in [-0.2, 0) is 11.3 Å². The largest absolute Gasteiger partial charge is 0.481 e. The Morgan fingerprint density at radius 1 is 1.26 bits per heavy atom. The first-order valence-corrected chi connectivity index (χ1v) is 6.32. The van der Waals surface area contributed by atoms with Crippen LogP contribution in [0.2, 0.25) is 0 Å². The van der Waals surface area contributed by atoms with Gasteiger partial charge in [-0.05, 0) is 31.5 Å². The smallest absolute Gasteiger partial charge is 0.315 e. The molecule has 5 heteroatoms. The minimum atomic E-state index is -2.80. The van der Waals surface area contributed by atoms with Crippen LogP contribution in [0.5, 0.6) is 0 Å². The fourth-order valence-corrected chi connectivity index (χ4v) is 2.48. The second kappa shape index (κ2) is 5.65. The highest BCUT2D eigenvalue weighted by molar-refractivity contribution is 5.75. The number of rotatable bonds is 4. The molecule has 1 aliphatic heterocycles. The number of benzene rings is 1. The monoisotopic (exact) mass is 269 g/mol. The van der Waals surface area contributed by atoms with Crippen LogP contribution in [0, 0.1) is 5.41 Å². The first kappa shape index (κ1) is 13.9. The van der Waals surface area contributed by atoms with E-state index in [4.69, 9.17) is 5.11 Å². The van der Waals surface area contributed by atoms with E-state index in [0.29, 0.717) is 19.6 Å². The van der Waals surface area contributed by atoms with Crippen molar-refractivity contribution in [3.63, 3.8) is 0 Å². The van der Waals surface area contributed by atoms with Crippen LogP contribution >= 0.6 is 0 Å². The molecule has 0 amide bonds. The zero-order valence-corrected chi connectivity index (χ0v) is 10.6. The maximum atomic E-state index is 13.0. The molecular formula is C14H17F2NO2. The van der Waals surface area contributed by atoms with Crippen LogP contribution in [0.15, 0.2) is 30.3 Å². The van der Waals surface area contributed by atoms with Crippen molar-refractivity contribution in [3.05, 3.63) is 35.9 Å². The molecule has 19 heavy (non-hydrogen) atoms.